The average molecular weight is 536 g/mol. The van der Waals surface area contributed by atoms with Crippen molar-refractivity contribution in [3.63, 3.8) is 0 Å². The third kappa shape index (κ3) is 7.85. The highest BCUT2D eigenvalue weighted by atomic mass is 16.5. The van der Waals surface area contributed by atoms with Crippen LogP contribution in [0.15, 0.2) is 91.0 Å². The molecule has 0 radical (unpaired) electrons. The lowest BCUT2D eigenvalue weighted by molar-refractivity contribution is -0.118. The molecule has 0 atom stereocenters. The van der Waals surface area contributed by atoms with Gasteiger partial charge >= 0.3 is 0 Å². The Hall–Kier alpha value is -4.80. The molecule has 7 nitrogen and oxygen atoms in total. The number of ether oxygens (including phenoxy) is 3. The fraction of sp³-hybridized carbons (Fsp3) is 0.212. The van der Waals surface area contributed by atoms with Crippen LogP contribution >= 0.6 is 0 Å². The van der Waals surface area contributed by atoms with Crippen LogP contribution in [0.5, 0.6) is 17.2 Å². The second-order valence-electron chi connectivity index (χ2n) is 9.18. The Morgan fingerprint density at radius 2 is 1.68 bits per heavy atom. The Kier molecular flexibility index (Phi) is 10.1. The van der Waals surface area contributed by atoms with Gasteiger partial charge in [0.1, 0.15) is 30.5 Å². The molecule has 0 aliphatic heterocycles. The molecule has 0 saturated heterocycles. The van der Waals surface area contributed by atoms with E-state index in [1.165, 1.54) is 6.92 Å². The number of benzene rings is 4. The van der Waals surface area contributed by atoms with E-state index in [4.69, 9.17) is 14.2 Å². The second-order valence-corrected chi connectivity index (χ2v) is 9.18. The maximum absolute atomic E-state index is 11.1. The summed E-state index contributed by atoms with van der Waals surface area (Å²) in [7, 11) is 1.67. The zero-order valence-corrected chi connectivity index (χ0v) is 22.8. The first-order valence-electron chi connectivity index (χ1n) is 13.1. The minimum Gasteiger partial charge on any atom is -0.496 e. The van der Waals surface area contributed by atoms with Gasteiger partial charge in [-0.3, -0.25) is 4.79 Å². The summed E-state index contributed by atoms with van der Waals surface area (Å²) in [5, 5.41) is 15.3. The van der Waals surface area contributed by atoms with Crippen LogP contribution in [0, 0.1) is 11.3 Å². The first kappa shape index (κ1) is 28.2. The van der Waals surface area contributed by atoms with Crippen molar-refractivity contribution in [2.75, 3.05) is 20.2 Å². The monoisotopic (exact) mass is 535 g/mol. The lowest BCUT2D eigenvalue weighted by atomic mass is 10.0. The van der Waals surface area contributed by atoms with Crippen LogP contribution in [0.25, 0.3) is 11.1 Å². The highest BCUT2D eigenvalue weighted by molar-refractivity contribution is 5.73. The number of hydrogen-bond acceptors (Lipinski definition) is 6. The summed E-state index contributed by atoms with van der Waals surface area (Å²) in [5.41, 5.74) is 5.46. The van der Waals surface area contributed by atoms with Crippen molar-refractivity contribution in [3.05, 3.63) is 113 Å². The van der Waals surface area contributed by atoms with Gasteiger partial charge in [-0.25, -0.2) is 0 Å². The molecule has 0 saturated carbocycles. The van der Waals surface area contributed by atoms with E-state index < -0.39 is 0 Å². The third-order valence-electron chi connectivity index (χ3n) is 6.26. The molecular weight excluding hydrogens is 502 g/mol. The molecule has 204 valence electrons. The first-order valence-corrected chi connectivity index (χ1v) is 13.1. The van der Waals surface area contributed by atoms with Gasteiger partial charge in [-0.15, -0.1) is 0 Å². The van der Waals surface area contributed by atoms with Crippen molar-refractivity contribution >= 4 is 5.91 Å². The van der Waals surface area contributed by atoms with E-state index in [1.807, 2.05) is 72.8 Å². The number of amides is 1. The number of hydrogen-bond donors (Lipinski definition) is 2. The summed E-state index contributed by atoms with van der Waals surface area (Å²) in [6, 6.07) is 31.5. The fourth-order valence-corrected chi connectivity index (χ4v) is 4.29. The largest absolute Gasteiger partial charge is 0.496 e. The minimum absolute atomic E-state index is 0.0575. The third-order valence-corrected chi connectivity index (χ3v) is 6.26. The number of carbonyl (C=O) groups excluding carboxylic acids is 1. The summed E-state index contributed by atoms with van der Waals surface area (Å²) in [4.78, 5) is 11.1. The van der Waals surface area contributed by atoms with E-state index in [9.17, 15) is 10.1 Å². The van der Waals surface area contributed by atoms with Gasteiger partial charge < -0.3 is 24.8 Å². The van der Waals surface area contributed by atoms with E-state index in [2.05, 4.69) is 28.8 Å². The molecular formula is C33H33N3O4. The molecule has 40 heavy (non-hydrogen) atoms. The molecule has 4 aromatic carbocycles. The topological polar surface area (TPSA) is 92.6 Å². The van der Waals surface area contributed by atoms with E-state index in [-0.39, 0.29) is 5.91 Å². The van der Waals surface area contributed by atoms with Gasteiger partial charge in [-0.1, -0.05) is 66.7 Å². The fourth-order valence-electron chi connectivity index (χ4n) is 4.29. The van der Waals surface area contributed by atoms with Crippen LogP contribution in [0.1, 0.15) is 29.2 Å². The van der Waals surface area contributed by atoms with E-state index in [0.717, 1.165) is 33.6 Å². The van der Waals surface area contributed by atoms with Gasteiger partial charge in [-0.2, -0.15) is 5.26 Å². The summed E-state index contributed by atoms with van der Waals surface area (Å²) < 4.78 is 18.2. The summed E-state index contributed by atoms with van der Waals surface area (Å²) in [6.07, 6.45) is 0. The van der Waals surface area contributed by atoms with Gasteiger partial charge in [0.05, 0.1) is 18.7 Å². The van der Waals surface area contributed by atoms with Crippen molar-refractivity contribution in [2.24, 2.45) is 0 Å². The maximum atomic E-state index is 11.1. The summed E-state index contributed by atoms with van der Waals surface area (Å²) >= 11 is 0. The number of nitrogens with one attached hydrogen (secondary N) is 2. The average Bonchev–Trinajstić information content (AvgIpc) is 2.99. The highest BCUT2D eigenvalue weighted by Crippen LogP contribution is 2.34. The molecule has 0 heterocycles. The predicted molar refractivity (Wildman–Crippen MR) is 155 cm³/mol. The van der Waals surface area contributed by atoms with E-state index in [1.54, 1.807) is 13.2 Å². The first-order chi connectivity index (χ1) is 19.6. The number of para-hydroxylation sites is 1. The molecule has 0 fully saturated rings. The number of nitriles is 1. The number of methoxy groups -OCH3 is 1. The van der Waals surface area contributed by atoms with Crippen LogP contribution in [0.4, 0.5) is 0 Å². The van der Waals surface area contributed by atoms with Crippen LogP contribution < -0.4 is 24.8 Å². The molecule has 7 heteroatoms. The van der Waals surface area contributed by atoms with Gasteiger partial charge in [0.15, 0.2) is 0 Å². The second kappa shape index (κ2) is 14.4. The molecule has 4 aromatic rings. The summed E-state index contributed by atoms with van der Waals surface area (Å²) in [6.45, 7) is 3.85. The van der Waals surface area contributed by atoms with Crippen LogP contribution in [0.3, 0.4) is 0 Å². The molecule has 2 N–H and O–H groups in total. The molecule has 4 rings (SSSR count). The number of carbonyl (C=O) groups is 1. The molecule has 0 aliphatic carbocycles. The Balaban J connectivity index is 1.50. The van der Waals surface area contributed by atoms with Crippen molar-refractivity contribution < 1.29 is 19.0 Å². The van der Waals surface area contributed by atoms with Crippen LogP contribution in [-0.2, 0) is 24.6 Å². The quantitative estimate of drug-likeness (QED) is 0.216. The molecule has 0 aromatic heterocycles. The normalized spacial score (nSPS) is 10.4. The van der Waals surface area contributed by atoms with Crippen molar-refractivity contribution in [3.8, 4) is 34.4 Å². The lowest BCUT2D eigenvalue weighted by Gasteiger charge is -2.17. The van der Waals surface area contributed by atoms with Gasteiger partial charge in [-0.05, 0) is 29.3 Å². The highest BCUT2D eigenvalue weighted by Gasteiger charge is 2.13. The Morgan fingerprint density at radius 1 is 0.850 bits per heavy atom. The van der Waals surface area contributed by atoms with Gasteiger partial charge in [0, 0.05) is 49.3 Å². The van der Waals surface area contributed by atoms with Crippen molar-refractivity contribution in [1.82, 2.24) is 10.6 Å². The molecule has 0 unspecified atom stereocenters. The molecule has 0 bridgehead atoms. The number of rotatable bonds is 13. The summed E-state index contributed by atoms with van der Waals surface area (Å²) in [5.74, 6) is 2.06. The number of nitrogens with zero attached hydrogens (tertiary/aromatic N) is 1. The Morgan fingerprint density at radius 3 is 2.45 bits per heavy atom. The van der Waals surface area contributed by atoms with E-state index >= 15 is 0 Å². The Bertz CT molecular complexity index is 1460. The predicted octanol–water partition coefficient (Wildman–Crippen LogP) is 5.62. The van der Waals surface area contributed by atoms with Crippen molar-refractivity contribution in [1.29, 1.82) is 5.26 Å². The van der Waals surface area contributed by atoms with Gasteiger partial charge in [0.25, 0.3) is 0 Å². The zero-order valence-electron chi connectivity index (χ0n) is 22.8. The molecule has 0 aliphatic rings. The lowest BCUT2D eigenvalue weighted by Crippen LogP contribution is -2.30. The minimum atomic E-state index is -0.0575. The van der Waals surface area contributed by atoms with Crippen LogP contribution in [0.2, 0.25) is 0 Å². The smallest absolute Gasteiger partial charge is 0.216 e. The van der Waals surface area contributed by atoms with Crippen LogP contribution in [-0.4, -0.2) is 26.1 Å². The van der Waals surface area contributed by atoms with Gasteiger partial charge in [0.2, 0.25) is 5.91 Å². The molecule has 0 spiro atoms. The molecule has 1 amide bonds. The standard InChI is InChI=1S/C33H33N3O4/c1-24(37)36-17-16-35-21-28-14-15-30(19-32(28)40-22-26-9-6-8-25(18-26)20-34)39-23-29-12-7-13-31(33(29)38-2)27-10-4-3-5-11-27/h3-15,18-19,35H,16-17,21-23H2,1-2H3,(H,36,37). The maximum Gasteiger partial charge on any atom is 0.216 e. The SMILES string of the molecule is COc1c(COc2ccc(CNCCNC(C)=O)c(OCc3cccc(C#N)c3)c2)cccc1-c1ccccc1. The zero-order chi connectivity index (χ0) is 28.2. The van der Waals surface area contributed by atoms with Crippen molar-refractivity contribution in [2.45, 2.75) is 26.7 Å². The Labute approximate surface area is 235 Å². The van der Waals surface area contributed by atoms with E-state index in [0.29, 0.717) is 49.9 Å².